The number of hydrazone groups is 1. The number of nitrogens with zero attached hydrogens (tertiary/aromatic N) is 2. The van der Waals surface area contributed by atoms with E-state index >= 15 is 0 Å². The molecule has 2 aliphatic heterocycles. The van der Waals surface area contributed by atoms with Crippen molar-refractivity contribution >= 4 is 33.2 Å². The van der Waals surface area contributed by atoms with Crippen molar-refractivity contribution in [1.29, 1.82) is 0 Å². The van der Waals surface area contributed by atoms with E-state index in [4.69, 9.17) is 25.9 Å². The topological polar surface area (TPSA) is 38.0 Å². The number of furan rings is 1. The Hall–Kier alpha value is -2.24. The van der Waals surface area contributed by atoms with Gasteiger partial charge in [0.15, 0.2) is 0 Å². The van der Waals surface area contributed by atoms with Crippen molar-refractivity contribution in [1.82, 2.24) is 5.01 Å². The van der Waals surface area contributed by atoms with E-state index in [-0.39, 0.29) is 12.3 Å². The van der Waals surface area contributed by atoms with Crippen LogP contribution in [-0.4, -0.2) is 10.7 Å². The van der Waals surface area contributed by atoms with E-state index in [0.29, 0.717) is 5.02 Å². The zero-order chi connectivity index (χ0) is 17.7. The van der Waals surface area contributed by atoms with E-state index in [9.17, 15) is 0 Å². The van der Waals surface area contributed by atoms with Crippen LogP contribution in [0, 0.1) is 0 Å². The summed E-state index contributed by atoms with van der Waals surface area (Å²) in [7, 11) is 0. The molecule has 130 valence electrons. The smallest absolute Gasteiger partial charge is 0.215 e. The fourth-order valence-corrected chi connectivity index (χ4v) is 4.14. The van der Waals surface area contributed by atoms with Crippen molar-refractivity contribution in [2.75, 3.05) is 0 Å². The third-order valence-electron chi connectivity index (χ3n) is 4.73. The standard InChI is InChI=1S/C20H14BrClN2O2/c21-12-7-8-18-14(10-12)17-11-16(19-6-3-9-25-19)23-24(17)20(26-18)13-4-1-2-5-15(13)22/h1-10,17,20H,11H2. The van der Waals surface area contributed by atoms with Crippen LogP contribution in [0.4, 0.5) is 0 Å². The van der Waals surface area contributed by atoms with Gasteiger partial charge in [-0.15, -0.1) is 0 Å². The molecule has 0 aliphatic carbocycles. The second kappa shape index (κ2) is 6.18. The van der Waals surface area contributed by atoms with Crippen molar-refractivity contribution in [3.63, 3.8) is 0 Å². The van der Waals surface area contributed by atoms with Gasteiger partial charge in [-0.1, -0.05) is 45.7 Å². The molecule has 2 aliphatic rings. The molecule has 0 saturated carbocycles. The molecule has 2 unspecified atom stereocenters. The van der Waals surface area contributed by atoms with E-state index in [2.05, 4.69) is 22.0 Å². The Morgan fingerprint density at radius 3 is 2.77 bits per heavy atom. The molecule has 0 saturated heterocycles. The first-order valence-electron chi connectivity index (χ1n) is 8.31. The predicted molar refractivity (Wildman–Crippen MR) is 103 cm³/mol. The Balaban J connectivity index is 1.64. The van der Waals surface area contributed by atoms with Crippen LogP contribution in [-0.2, 0) is 0 Å². The highest BCUT2D eigenvalue weighted by Gasteiger charge is 2.42. The van der Waals surface area contributed by atoms with Crippen LogP contribution >= 0.6 is 27.5 Å². The van der Waals surface area contributed by atoms with Crippen LogP contribution in [0.2, 0.25) is 5.02 Å². The quantitative estimate of drug-likeness (QED) is 0.506. The molecule has 0 spiro atoms. The van der Waals surface area contributed by atoms with Crippen LogP contribution in [0.15, 0.2) is 74.9 Å². The van der Waals surface area contributed by atoms with Gasteiger partial charge < -0.3 is 9.15 Å². The monoisotopic (exact) mass is 428 g/mol. The minimum Gasteiger partial charge on any atom is -0.464 e. The van der Waals surface area contributed by atoms with Crippen LogP contribution in [0.25, 0.3) is 0 Å². The summed E-state index contributed by atoms with van der Waals surface area (Å²) in [5, 5.41) is 7.50. The molecule has 26 heavy (non-hydrogen) atoms. The lowest BCUT2D eigenvalue weighted by molar-refractivity contribution is -0.0190. The molecule has 6 heteroatoms. The Morgan fingerprint density at radius 2 is 1.96 bits per heavy atom. The second-order valence-corrected chi connectivity index (χ2v) is 7.62. The fourth-order valence-electron chi connectivity index (χ4n) is 3.53. The minimum absolute atomic E-state index is 0.0672. The van der Waals surface area contributed by atoms with Gasteiger partial charge in [-0.25, -0.2) is 5.01 Å². The number of fused-ring (bicyclic) bond motifs is 3. The molecule has 3 aromatic rings. The number of halogens is 2. The molecule has 2 atom stereocenters. The van der Waals surface area contributed by atoms with Gasteiger partial charge in [0.2, 0.25) is 6.23 Å². The molecular formula is C20H14BrClN2O2. The van der Waals surface area contributed by atoms with Gasteiger partial charge in [0, 0.05) is 27.0 Å². The summed E-state index contributed by atoms with van der Waals surface area (Å²) in [5.74, 6) is 1.64. The Bertz CT molecular complexity index is 1000. The lowest BCUT2D eigenvalue weighted by Gasteiger charge is -2.38. The number of benzene rings is 2. The summed E-state index contributed by atoms with van der Waals surface area (Å²) >= 11 is 10.0. The van der Waals surface area contributed by atoms with E-state index in [0.717, 1.165) is 39.2 Å². The van der Waals surface area contributed by atoms with Crippen LogP contribution in [0.1, 0.15) is 35.6 Å². The van der Waals surface area contributed by atoms with Gasteiger partial charge in [-0.2, -0.15) is 5.10 Å². The third-order valence-corrected chi connectivity index (χ3v) is 5.57. The normalized spacial score (nSPS) is 21.0. The molecular weight excluding hydrogens is 416 g/mol. The lowest BCUT2D eigenvalue weighted by Crippen LogP contribution is -2.33. The van der Waals surface area contributed by atoms with Gasteiger partial charge >= 0.3 is 0 Å². The van der Waals surface area contributed by atoms with E-state index < -0.39 is 0 Å². The Kier molecular flexibility index (Phi) is 3.80. The predicted octanol–water partition coefficient (Wildman–Crippen LogP) is 5.94. The average Bonchev–Trinajstić information content (AvgIpc) is 3.31. The molecule has 0 amide bonds. The number of ether oxygens (including phenoxy) is 1. The zero-order valence-electron chi connectivity index (χ0n) is 13.6. The molecule has 3 heterocycles. The maximum atomic E-state index is 6.46. The number of hydrogen-bond donors (Lipinski definition) is 0. The molecule has 1 aromatic heterocycles. The van der Waals surface area contributed by atoms with Gasteiger partial charge in [0.1, 0.15) is 17.2 Å². The van der Waals surface area contributed by atoms with Gasteiger partial charge in [0.25, 0.3) is 0 Å². The summed E-state index contributed by atoms with van der Waals surface area (Å²) < 4.78 is 12.9. The van der Waals surface area contributed by atoms with Gasteiger partial charge in [-0.05, 0) is 36.4 Å². The third kappa shape index (κ3) is 2.54. The summed E-state index contributed by atoms with van der Waals surface area (Å²) in [6, 6.07) is 17.7. The molecule has 5 rings (SSSR count). The maximum Gasteiger partial charge on any atom is 0.215 e. The zero-order valence-corrected chi connectivity index (χ0v) is 15.9. The Morgan fingerprint density at radius 1 is 1.08 bits per heavy atom. The van der Waals surface area contributed by atoms with Gasteiger partial charge in [0.05, 0.1) is 12.3 Å². The average molecular weight is 430 g/mol. The summed E-state index contributed by atoms with van der Waals surface area (Å²) in [5.41, 5.74) is 2.92. The number of rotatable bonds is 2. The fraction of sp³-hybridized carbons (Fsp3) is 0.150. The SMILES string of the molecule is Clc1ccccc1C1Oc2ccc(Br)cc2C2CC(c3ccco3)=NN21. The first-order chi connectivity index (χ1) is 12.7. The summed E-state index contributed by atoms with van der Waals surface area (Å²) in [6.07, 6.45) is 2.04. The van der Waals surface area contributed by atoms with E-state index in [1.807, 2.05) is 53.5 Å². The number of hydrogen-bond acceptors (Lipinski definition) is 4. The van der Waals surface area contributed by atoms with Crippen molar-refractivity contribution in [2.45, 2.75) is 18.7 Å². The molecule has 4 nitrogen and oxygen atoms in total. The highest BCUT2D eigenvalue weighted by atomic mass is 79.9. The summed E-state index contributed by atoms with van der Waals surface area (Å²) in [4.78, 5) is 0. The highest BCUT2D eigenvalue weighted by molar-refractivity contribution is 9.10. The van der Waals surface area contributed by atoms with Crippen molar-refractivity contribution in [2.24, 2.45) is 5.10 Å². The Labute approximate surface area is 164 Å². The van der Waals surface area contributed by atoms with Crippen LogP contribution in [0.5, 0.6) is 5.75 Å². The first kappa shape index (κ1) is 16.0. The molecule has 2 aromatic carbocycles. The molecule has 0 fully saturated rings. The second-order valence-electron chi connectivity index (χ2n) is 6.30. The maximum absolute atomic E-state index is 6.46. The van der Waals surface area contributed by atoms with E-state index in [1.165, 1.54) is 0 Å². The van der Waals surface area contributed by atoms with Crippen LogP contribution < -0.4 is 4.74 Å². The molecule has 0 radical (unpaired) electrons. The van der Waals surface area contributed by atoms with Gasteiger partial charge in [-0.3, -0.25) is 0 Å². The minimum atomic E-state index is -0.380. The van der Waals surface area contributed by atoms with E-state index in [1.54, 1.807) is 6.26 Å². The summed E-state index contributed by atoms with van der Waals surface area (Å²) in [6.45, 7) is 0. The van der Waals surface area contributed by atoms with Crippen molar-refractivity contribution in [3.8, 4) is 5.75 Å². The molecule has 0 bridgehead atoms. The van der Waals surface area contributed by atoms with Crippen molar-refractivity contribution in [3.05, 3.63) is 87.2 Å². The highest BCUT2D eigenvalue weighted by Crippen LogP contribution is 2.49. The molecule has 0 N–H and O–H groups in total. The largest absolute Gasteiger partial charge is 0.464 e. The van der Waals surface area contributed by atoms with Crippen molar-refractivity contribution < 1.29 is 9.15 Å². The lowest BCUT2D eigenvalue weighted by atomic mass is 9.97. The first-order valence-corrected chi connectivity index (χ1v) is 9.48. The van der Waals surface area contributed by atoms with Crippen LogP contribution in [0.3, 0.4) is 0 Å².